The van der Waals surface area contributed by atoms with Gasteiger partial charge in [-0.05, 0) is 24.5 Å². The first-order chi connectivity index (χ1) is 22.5. The summed E-state index contributed by atoms with van der Waals surface area (Å²) in [6.45, 7) is -1.25. The number of nitrogens with zero attached hydrogens (tertiary/aromatic N) is 4. The van der Waals surface area contributed by atoms with Crippen molar-refractivity contribution < 1.29 is 65.6 Å². The van der Waals surface area contributed by atoms with Crippen LogP contribution in [0.3, 0.4) is 0 Å². The highest BCUT2D eigenvalue weighted by molar-refractivity contribution is 7.98. The van der Waals surface area contributed by atoms with Crippen LogP contribution in [-0.4, -0.2) is 80.7 Å². The van der Waals surface area contributed by atoms with Crippen LogP contribution >= 0.6 is 35.2 Å². The number of nitrogens with one attached hydrogen (secondary N) is 2. The number of carbonyl (C=O) groups excluding carboxylic acids is 1. The maximum atomic E-state index is 12.7. The second-order valence-corrected chi connectivity index (χ2v) is 15.3. The number of phosphoric ester groups is 1. The fraction of sp³-hybridized carbons (Fsp3) is 0.455. The smallest absolute Gasteiger partial charge is 0.370 e. The van der Waals surface area contributed by atoms with Crippen molar-refractivity contribution in [3.8, 4) is 0 Å². The highest BCUT2D eigenvalue weighted by atomic mass is 32.2. The van der Waals surface area contributed by atoms with Crippen LogP contribution in [-0.2, 0) is 47.7 Å². The zero-order valence-electron chi connectivity index (χ0n) is 24.6. The summed E-state index contributed by atoms with van der Waals surface area (Å²) in [5.74, 6) is 0.172. The van der Waals surface area contributed by atoms with Crippen molar-refractivity contribution in [1.29, 1.82) is 0 Å². The topological polar surface area (TPSA) is 314 Å². The fourth-order valence-corrected chi connectivity index (χ4v) is 7.91. The standard InChI is InChI=1S/C22H29N6O16P3S/c1-48-8-4-7-17(29)24-22-25-20-19(21(30)26-22)23-12-27(20)18-9-15(40-10-13-5-2-3-6-14(13)28(31)32)16(42-18)11-41-46(36,37)44-47(38,39)43-45(33,34)35/h2-3,5-6,12,15-16,18H,4,7-11H2,1H3,(H,36,37)(H,38,39)(H2,33,34,35)(H2,24,25,26,29,30). The summed E-state index contributed by atoms with van der Waals surface area (Å²) in [4.78, 5) is 83.5. The van der Waals surface area contributed by atoms with Crippen LogP contribution in [0.1, 0.15) is 31.1 Å². The number of thioether (sulfide) groups is 1. The minimum Gasteiger partial charge on any atom is -0.370 e. The van der Waals surface area contributed by atoms with Crippen LogP contribution in [0.15, 0.2) is 35.4 Å². The van der Waals surface area contributed by atoms with E-state index in [-0.39, 0.29) is 47.8 Å². The summed E-state index contributed by atoms with van der Waals surface area (Å²) in [5.41, 5.74) is -0.951. The van der Waals surface area contributed by atoms with Crippen LogP contribution < -0.4 is 10.9 Å². The molecule has 3 heterocycles. The van der Waals surface area contributed by atoms with Crippen LogP contribution in [0.25, 0.3) is 11.2 Å². The van der Waals surface area contributed by atoms with Crippen molar-refractivity contribution in [2.75, 3.05) is 23.9 Å². The normalized spacial score (nSPS) is 20.7. The zero-order valence-corrected chi connectivity index (χ0v) is 28.1. The molecule has 5 atom stereocenters. The molecular formula is C22H29N6O16P3S. The molecule has 1 aliphatic rings. The van der Waals surface area contributed by atoms with Crippen LogP contribution in [0.4, 0.5) is 11.6 Å². The number of rotatable bonds is 17. The number of anilines is 1. The van der Waals surface area contributed by atoms with Gasteiger partial charge in [0, 0.05) is 18.9 Å². The van der Waals surface area contributed by atoms with E-state index in [0.717, 1.165) is 5.75 Å². The summed E-state index contributed by atoms with van der Waals surface area (Å²) >= 11 is 1.56. The molecule has 1 aromatic carbocycles. The molecule has 1 amide bonds. The first-order valence-corrected chi connectivity index (χ1v) is 19.4. The van der Waals surface area contributed by atoms with Gasteiger partial charge in [-0.2, -0.15) is 25.4 Å². The van der Waals surface area contributed by atoms with E-state index in [1.165, 1.54) is 35.2 Å². The lowest BCUT2D eigenvalue weighted by Gasteiger charge is -2.21. The number of H-pyrrole nitrogens is 1. The molecule has 26 heteroatoms. The Hall–Kier alpha value is -2.88. The monoisotopic (exact) mass is 758 g/mol. The summed E-state index contributed by atoms with van der Waals surface area (Å²) in [6.07, 6.45) is 0.303. The predicted octanol–water partition coefficient (Wildman–Crippen LogP) is 2.33. The number of para-hydroxylation sites is 1. The number of nitro groups is 1. The number of phosphoric acid groups is 3. The van der Waals surface area contributed by atoms with Crippen molar-refractivity contribution in [3.63, 3.8) is 0 Å². The second kappa shape index (κ2) is 15.8. The lowest BCUT2D eigenvalue weighted by molar-refractivity contribution is -0.386. The van der Waals surface area contributed by atoms with E-state index in [1.54, 1.807) is 11.8 Å². The number of hydrogen-bond donors (Lipinski definition) is 6. The molecule has 5 unspecified atom stereocenters. The van der Waals surface area contributed by atoms with E-state index in [2.05, 4.69) is 28.9 Å². The Bertz CT molecular complexity index is 1850. The van der Waals surface area contributed by atoms with Gasteiger partial charge in [0.1, 0.15) is 12.3 Å². The van der Waals surface area contributed by atoms with E-state index in [1.807, 2.05) is 6.26 Å². The van der Waals surface area contributed by atoms with Gasteiger partial charge in [0.15, 0.2) is 11.2 Å². The number of ether oxygens (including phenoxy) is 2. The predicted molar refractivity (Wildman–Crippen MR) is 164 cm³/mol. The van der Waals surface area contributed by atoms with Crippen LogP contribution in [0.5, 0.6) is 0 Å². The molecular weight excluding hydrogens is 729 g/mol. The largest absolute Gasteiger partial charge is 0.490 e. The van der Waals surface area contributed by atoms with Gasteiger partial charge in [0.2, 0.25) is 11.9 Å². The Morgan fingerprint density at radius 2 is 1.94 bits per heavy atom. The number of imidazole rings is 1. The van der Waals surface area contributed by atoms with E-state index in [4.69, 9.17) is 23.8 Å². The van der Waals surface area contributed by atoms with Gasteiger partial charge in [-0.1, -0.05) is 12.1 Å². The number of amides is 1. The molecule has 0 spiro atoms. The summed E-state index contributed by atoms with van der Waals surface area (Å²) in [7, 11) is -17.0. The molecule has 1 saturated heterocycles. The molecule has 264 valence electrons. The molecule has 6 N–H and O–H groups in total. The Balaban J connectivity index is 1.57. The second-order valence-electron chi connectivity index (χ2n) is 9.87. The van der Waals surface area contributed by atoms with E-state index < -0.39 is 64.9 Å². The van der Waals surface area contributed by atoms with Crippen molar-refractivity contribution in [1.82, 2.24) is 19.5 Å². The Labute approximate surface area is 273 Å². The highest BCUT2D eigenvalue weighted by Gasteiger charge is 2.44. The first kappa shape index (κ1) is 37.9. The summed E-state index contributed by atoms with van der Waals surface area (Å²) in [5, 5.41) is 14.0. The zero-order chi connectivity index (χ0) is 35.3. The average Bonchev–Trinajstić information content (AvgIpc) is 3.57. The van der Waals surface area contributed by atoms with Crippen LogP contribution in [0.2, 0.25) is 0 Å². The number of aromatic amines is 1. The fourth-order valence-electron chi connectivity index (χ4n) is 4.44. The molecule has 4 rings (SSSR count). The number of aromatic nitrogens is 4. The van der Waals surface area contributed by atoms with Gasteiger partial charge in [-0.15, -0.1) is 0 Å². The molecule has 0 radical (unpaired) electrons. The molecule has 0 aliphatic carbocycles. The molecule has 1 fully saturated rings. The Morgan fingerprint density at radius 1 is 1.21 bits per heavy atom. The van der Waals surface area contributed by atoms with Gasteiger partial charge in [-0.3, -0.25) is 39.1 Å². The third-order valence-electron chi connectivity index (χ3n) is 6.39. The lowest BCUT2D eigenvalue weighted by Crippen LogP contribution is -2.29. The molecule has 0 bridgehead atoms. The van der Waals surface area contributed by atoms with Gasteiger partial charge in [0.05, 0.1) is 36.1 Å². The van der Waals surface area contributed by atoms with Crippen molar-refractivity contribution >= 4 is 63.9 Å². The maximum absolute atomic E-state index is 12.7. The van der Waals surface area contributed by atoms with Crippen molar-refractivity contribution in [3.05, 3.63) is 56.6 Å². The number of fused-ring (bicyclic) bond motifs is 1. The number of nitro benzene ring substituents is 1. The first-order valence-electron chi connectivity index (χ1n) is 13.5. The lowest BCUT2D eigenvalue weighted by atomic mass is 10.1. The van der Waals surface area contributed by atoms with Crippen molar-refractivity contribution in [2.24, 2.45) is 0 Å². The SMILES string of the molecule is CSCCCC(=O)Nc1nc2c(ncn2C2CC(OCc3ccccc3[N+](=O)[O-])C(COP(=O)(O)OP(=O)(O)OP(=O)(O)O)O2)c(=O)[nH]1. The third-order valence-corrected chi connectivity index (χ3v) is 10.9. The number of hydrogen-bond acceptors (Lipinski definition) is 15. The minimum absolute atomic E-state index is 0.0332. The minimum atomic E-state index is -5.81. The molecule has 3 aromatic rings. The average molecular weight is 758 g/mol. The Kier molecular flexibility index (Phi) is 12.5. The highest BCUT2D eigenvalue weighted by Crippen LogP contribution is 2.66. The summed E-state index contributed by atoms with van der Waals surface area (Å²) in [6, 6.07) is 5.66. The summed E-state index contributed by atoms with van der Waals surface area (Å²) < 4.78 is 60.4. The molecule has 1 aliphatic heterocycles. The van der Waals surface area contributed by atoms with Gasteiger partial charge >= 0.3 is 23.5 Å². The molecule has 0 saturated carbocycles. The maximum Gasteiger partial charge on any atom is 0.490 e. The van der Waals surface area contributed by atoms with Crippen molar-refractivity contribution in [2.45, 2.75) is 44.3 Å². The van der Waals surface area contributed by atoms with Gasteiger partial charge in [-0.25, -0.2) is 18.7 Å². The number of benzene rings is 1. The van der Waals surface area contributed by atoms with E-state index in [9.17, 15) is 43.2 Å². The van der Waals surface area contributed by atoms with E-state index >= 15 is 0 Å². The van der Waals surface area contributed by atoms with E-state index in [0.29, 0.717) is 6.42 Å². The quantitative estimate of drug-likeness (QED) is 0.0498. The molecule has 22 nitrogen and oxygen atoms in total. The molecule has 2 aromatic heterocycles. The third kappa shape index (κ3) is 10.6. The van der Waals surface area contributed by atoms with Crippen LogP contribution in [0, 0.1) is 10.1 Å². The van der Waals surface area contributed by atoms with Gasteiger partial charge in [0.25, 0.3) is 11.2 Å². The number of carbonyl (C=O) groups is 1. The molecule has 48 heavy (non-hydrogen) atoms. The Morgan fingerprint density at radius 3 is 2.62 bits per heavy atom. The van der Waals surface area contributed by atoms with Gasteiger partial charge < -0.3 is 29.0 Å².